The molecule has 2 N–H and O–H groups in total. The van der Waals surface area contributed by atoms with Gasteiger partial charge in [0.2, 0.25) is 6.79 Å². The fourth-order valence-electron chi connectivity index (χ4n) is 3.21. The molecular weight excluding hydrogens is 498 g/mol. The van der Waals surface area contributed by atoms with Crippen LogP contribution in [0.5, 0.6) is 11.5 Å². The van der Waals surface area contributed by atoms with Crippen molar-refractivity contribution < 1.29 is 22.7 Å². The van der Waals surface area contributed by atoms with Crippen LogP contribution in [0.15, 0.2) is 77.0 Å². The van der Waals surface area contributed by atoms with E-state index in [1.807, 2.05) is 23.6 Å². The van der Waals surface area contributed by atoms with Crippen molar-refractivity contribution in [2.24, 2.45) is 0 Å². The molecule has 2 heterocycles. The number of carbonyl (C=O) groups excluding carboxylic acids is 1. The van der Waals surface area contributed by atoms with Crippen molar-refractivity contribution in [3.05, 3.63) is 82.7 Å². The van der Waals surface area contributed by atoms with Crippen LogP contribution in [0, 0.1) is 0 Å². The number of benzene rings is 3. The van der Waals surface area contributed by atoms with Crippen molar-refractivity contribution in [1.29, 1.82) is 0 Å². The Hall–Kier alpha value is -3.60. The molecule has 0 atom stereocenters. The van der Waals surface area contributed by atoms with Crippen LogP contribution in [0.1, 0.15) is 10.4 Å². The number of nitrogens with one attached hydrogen (secondary N) is 2. The molecule has 0 saturated heterocycles. The first-order valence-electron chi connectivity index (χ1n) is 9.93. The van der Waals surface area contributed by atoms with Crippen LogP contribution in [-0.4, -0.2) is 26.1 Å². The van der Waals surface area contributed by atoms with Crippen molar-refractivity contribution in [2.45, 2.75) is 4.90 Å². The molecule has 0 bridgehead atoms. The van der Waals surface area contributed by atoms with Gasteiger partial charge in [0.05, 0.1) is 10.6 Å². The second-order valence-corrected chi connectivity index (χ2v) is 10.2. The number of anilines is 2. The maximum absolute atomic E-state index is 12.6. The molecule has 0 unspecified atom stereocenters. The minimum Gasteiger partial charge on any atom is -0.454 e. The minimum absolute atomic E-state index is 0.0840. The molecule has 1 aromatic heterocycles. The number of amides is 1. The molecule has 0 radical (unpaired) electrons. The first-order chi connectivity index (χ1) is 16.4. The first-order valence-corrected chi connectivity index (χ1v) is 12.7. The Morgan fingerprint density at radius 1 is 0.971 bits per heavy atom. The highest BCUT2D eigenvalue weighted by atomic mass is 35.5. The smallest absolute Gasteiger partial charge is 0.261 e. The van der Waals surface area contributed by atoms with Crippen LogP contribution >= 0.6 is 22.9 Å². The van der Waals surface area contributed by atoms with Gasteiger partial charge in [-0.05, 0) is 66.7 Å². The summed E-state index contributed by atoms with van der Waals surface area (Å²) in [5.41, 5.74) is 2.23. The van der Waals surface area contributed by atoms with Crippen molar-refractivity contribution in [2.75, 3.05) is 16.8 Å². The van der Waals surface area contributed by atoms with Gasteiger partial charge in [-0.1, -0.05) is 11.6 Å². The molecule has 0 aliphatic carbocycles. The molecule has 4 aromatic rings. The van der Waals surface area contributed by atoms with E-state index in [1.165, 1.54) is 59.9 Å². The Morgan fingerprint density at radius 2 is 1.71 bits per heavy atom. The van der Waals surface area contributed by atoms with Crippen molar-refractivity contribution in [1.82, 2.24) is 4.98 Å². The summed E-state index contributed by atoms with van der Waals surface area (Å²) in [6, 6.07) is 17.5. The lowest BCUT2D eigenvalue weighted by atomic mass is 10.1. The monoisotopic (exact) mass is 513 g/mol. The summed E-state index contributed by atoms with van der Waals surface area (Å²) in [7, 11) is -3.77. The minimum atomic E-state index is -3.77. The molecule has 1 aliphatic heterocycles. The Labute approximate surface area is 204 Å². The van der Waals surface area contributed by atoms with Gasteiger partial charge in [-0.25, -0.2) is 13.4 Å². The number of aromatic nitrogens is 1. The predicted molar refractivity (Wildman–Crippen MR) is 130 cm³/mol. The Balaban J connectivity index is 1.25. The summed E-state index contributed by atoms with van der Waals surface area (Å²) in [5, 5.41) is 5.47. The number of nitrogens with zero attached hydrogens (tertiary/aromatic N) is 1. The fraction of sp³-hybridized carbons (Fsp3) is 0.0435. The second-order valence-electron chi connectivity index (χ2n) is 7.20. The standard InChI is InChI=1S/C23H16ClN3O5S2/c24-16-4-8-18(9-5-16)34(29,30)27-17-6-1-14(2-7-17)22(28)26-23-25-19(12-33-23)15-3-10-20-21(11-15)32-13-31-20/h1-12,27H,13H2,(H,25,26,28). The molecule has 0 saturated carbocycles. The maximum atomic E-state index is 12.6. The average molecular weight is 514 g/mol. The van der Waals surface area contributed by atoms with Gasteiger partial charge in [-0.15, -0.1) is 11.3 Å². The Morgan fingerprint density at radius 3 is 2.47 bits per heavy atom. The number of hydrogen-bond acceptors (Lipinski definition) is 7. The Bertz CT molecular complexity index is 1470. The van der Waals surface area contributed by atoms with E-state index in [1.54, 1.807) is 0 Å². The highest BCUT2D eigenvalue weighted by Crippen LogP contribution is 2.36. The number of fused-ring (bicyclic) bond motifs is 1. The normalized spacial score (nSPS) is 12.4. The SMILES string of the molecule is O=C(Nc1nc(-c2ccc3c(c2)OCO3)cs1)c1ccc(NS(=O)(=O)c2ccc(Cl)cc2)cc1. The van der Waals surface area contributed by atoms with Gasteiger partial charge in [-0.2, -0.15) is 0 Å². The molecule has 0 spiro atoms. The van der Waals surface area contributed by atoms with E-state index in [2.05, 4.69) is 15.0 Å². The number of hydrogen-bond donors (Lipinski definition) is 2. The molecule has 34 heavy (non-hydrogen) atoms. The molecule has 3 aromatic carbocycles. The van der Waals surface area contributed by atoms with Crippen LogP contribution in [-0.2, 0) is 10.0 Å². The second kappa shape index (κ2) is 8.98. The molecule has 172 valence electrons. The lowest BCUT2D eigenvalue weighted by Gasteiger charge is -2.09. The van der Waals surface area contributed by atoms with Crippen molar-refractivity contribution in [3.63, 3.8) is 0 Å². The summed E-state index contributed by atoms with van der Waals surface area (Å²) in [6.45, 7) is 0.193. The molecule has 1 amide bonds. The van der Waals surface area contributed by atoms with E-state index in [0.717, 1.165) is 5.56 Å². The number of carbonyl (C=O) groups is 1. The topological polar surface area (TPSA) is 107 Å². The number of sulfonamides is 1. The molecule has 11 heteroatoms. The molecule has 1 aliphatic rings. The highest BCUT2D eigenvalue weighted by Gasteiger charge is 2.17. The third-order valence-electron chi connectivity index (χ3n) is 4.92. The van der Waals surface area contributed by atoms with Crippen LogP contribution in [0.2, 0.25) is 5.02 Å². The largest absolute Gasteiger partial charge is 0.454 e. The van der Waals surface area contributed by atoms with E-state index in [0.29, 0.717) is 38.6 Å². The average Bonchev–Trinajstić information content (AvgIpc) is 3.48. The van der Waals surface area contributed by atoms with Crippen LogP contribution in [0.4, 0.5) is 10.8 Å². The van der Waals surface area contributed by atoms with Gasteiger partial charge in [0, 0.05) is 27.2 Å². The van der Waals surface area contributed by atoms with Crippen LogP contribution in [0.3, 0.4) is 0 Å². The van der Waals surface area contributed by atoms with Gasteiger partial charge in [-0.3, -0.25) is 14.8 Å². The van der Waals surface area contributed by atoms with Gasteiger partial charge in [0.1, 0.15) is 0 Å². The van der Waals surface area contributed by atoms with Gasteiger partial charge in [0.15, 0.2) is 16.6 Å². The number of rotatable bonds is 6. The fourth-order valence-corrected chi connectivity index (χ4v) is 5.11. The quantitative estimate of drug-likeness (QED) is 0.365. The lowest BCUT2D eigenvalue weighted by Crippen LogP contribution is -2.14. The van der Waals surface area contributed by atoms with E-state index in [9.17, 15) is 13.2 Å². The lowest BCUT2D eigenvalue weighted by molar-refractivity contribution is 0.102. The summed E-state index contributed by atoms with van der Waals surface area (Å²) in [4.78, 5) is 17.2. The maximum Gasteiger partial charge on any atom is 0.261 e. The number of thiazole rings is 1. The van der Waals surface area contributed by atoms with Gasteiger partial charge < -0.3 is 9.47 Å². The molecule has 5 rings (SSSR count). The summed E-state index contributed by atoms with van der Waals surface area (Å²) >= 11 is 7.11. The summed E-state index contributed by atoms with van der Waals surface area (Å²) in [6.07, 6.45) is 0. The molecule has 0 fully saturated rings. The Kier molecular flexibility index (Phi) is 5.86. The van der Waals surface area contributed by atoms with E-state index >= 15 is 0 Å². The number of ether oxygens (including phenoxy) is 2. The molecule has 8 nitrogen and oxygen atoms in total. The number of halogens is 1. The molecular formula is C23H16ClN3O5S2. The first kappa shape index (κ1) is 22.2. The van der Waals surface area contributed by atoms with E-state index < -0.39 is 10.0 Å². The van der Waals surface area contributed by atoms with Crippen LogP contribution in [0.25, 0.3) is 11.3 Å². The predicted octanol–water partition coefficient (Wildman–Crippen LogP) is 5.25. The highest BCUT2D eigenvalue weighted by molar-refractivity contribution is 7.92. The van der Waals surface area contributed by atoms with E-state index in [4.69, 9.17) is 21.1 Å². The van der Waals surface area contributed by atoms with Gasteiger partial charge in [0.25, 0.3) is 15.9 Å². The third-order valence-corrected chi connectivity index (χ3v) is 7.32. The zero-order valence-electron chi connectivity index (χ0n) is 17.3. The van der Waals surface area contributed by atoms with Gasteiger partial charge >= 0.3 is 0 Å². The summed E-state index contributed by atoms with van der Waals surface area (Å²) in [5.74, 6) is 0.980. The summed E-state index contributed by atoms with van der Waals surface area (Å²) < 4.78 is 38.2. The van der Waals surface area contributed by atoms with Crippen molar-refractivity contribution >= 4 is 49.7 Å². The van der Waals surface area contributed by atoms with Crippen molar-refractivity contribution in [3.8, 4) is 22.8 Å². The van der Waals surface area contributed by atoms with E-state index in [-0.39, 0.29) is 17.6 Å². The zero-order chi connectivity index (χ0) is 23.7. The zero-order valence-corrected chi connectivity index (χ0v) is 19.7. The third kappa shape index (κ3) is 4.69. The van der Waals surface area contributed by atoms with Crippen LogP contribution < -0.4 is 19.5 Å².